The molecule has 2 fully saturated rings. The maximum Gasteiger partial charge on any atom is 0.195 e. The highest BCUT2D eigenvalue weighted by Gasteiger charge is 2.44. The molecule has 0 spiro atoms. The number of imidazole rings is 2. The second kappa shape index (κ2) is 18.3. The number of benzene rings is 6. The van der Waals surface area contributed by atoms with Crippen molar-refractivity contribution in [2.45, 2.75) is 38.0 Å². The third-order valence-electron chi connectivity index (χ3n) is 14.5. The van der Waals surface area contributed by atoms with E-state index in [2.05, 4.69) is 212 Å². The van der Waals surface area contributed by atoms with E-state index in [1.807, 2.05) is 0 Å². The predicted molar refractivity (Wildman–Crippen MR) is 277 cm³/mol. The van der Waals surface area contributed by atoms with Crippen LogP contribution < -0.4 is 0 Å². The van der Waals surface area contributed by atoms with Crippen molar-refractivity contribution >= 4 is 60.4 Å². The van der Waals surface area contributed by atoms with Gasteiger partial charge >= 0.3 is 0 Å². The second-order valence-electron chi connectivity index (χ2n) is 18.3. The van der Waals surface area contributed by atoms with E-state index in [-0.39, 0.29) is 17.9 Å². The van der Waals surface area contributed by atoms with Gasteiger partial charge in [-0.1, -0.05) is 168 Å². The molecule has 340 valence electrons. The van der Waals surface area contributed by atoms with Crippen molar-refractivity contribution in [3.63, 3.8) is 0 Å². The molecule has 0 amide bonds. The molecule has 0 bridgehead atoms. The first-order chi connectivity index (χ1) is 33.5. The number of aromatic nitrogens is 4. The molecular weight excluding hydrogens is 877 g/mol. The normalized spacial score (nSPS) is 16.8. The standard InChI is InChI=1S/C57H54N8OS2/c1-39-54(67-56-58-45-27-15-17-29-47(45)64(39)56)51(62-35-31-60(32-36-62)49(41-19-7-3-8-20-41)42-21-9-4-10-22-42)53(66)52(55-40(2)65-48-30-18-16-28-46(48)59-57(65)68-55)63-37-33-61(34-38-63)50(43-23-11-5-12-24-43)44-25-13-6-14-26-44/h3-30,49-52H,31-38H2,1-2H3. The molecule has 0 saturated carbocycles. The summed E-state index contributed by atoms with van der Waals surface area (Å²) in [5.74, 6) is 0.228. The van der Waals surface area contributed by atoms with Crippen molar-refractivity contribution in [3.8, 4) is 0 Å². The van der Waals surface area contributed by atoms with Crippen LogP contribution in [-0.2, 0) is 4.79 Å². The Morgan fingerprint density at radius 2 is 0.706 bits per heavy atom. The Balaban J connectivity index is 0.947. The zero-order valence-electron chi connectivity index (χ0n) is 38.4. The van der Waals surface area contributed by atoms with Gasteiger partial charge in [-0.3, -0.25) is 33.2 Å². The summed E-state index contributed by atoms with van der Waals surface area (Å²) in [5.41, 5.74) is 11.4. The zero-order chi connectivity index (χ0) is 45.7. The highest BCUT2D eigenvalue weighted by molar-refractivity contribution is 7.18. The molecule has 6 heterocycles. The molecular formula is C57H54N8OS2. The van der Waals surface area contributed by atoms with E-state index in [1.54, 1.807) is 22.7 Å². The van der Waals surface area contributed by atoms with Gasteiger partial charge in [0.25, 0.3) is 0 Å². The Morgan fingerprint density at radius 1 is 0.412 bits per heavy atom. The van der Waals surface area contributed by atoms with Crippen molar-refractivity contribution < 1.29 is 4.79 Å². The molecule has 9 nitrogen and oxygen atoms in total. The lowest BCUT2D eigenvalue weighted by Crippen LogP contribution is -2.54. The van der Waals surface area contributed by atoms with E-state index in [0.29, 0.717) is 0 Å². The Bertz CT molecular complexity index is 3050. The summed E-state index contributed by atoms with van der Waals surface area (Å²) in [4.78, 5) is 41.2. The minimum Gasteiger partial charge on any atom is -0.295 e. The second-order valence-corrected chi connectivity index (χ2v) is 20.4. The quantitative estimate of drug-likeness (QED) is 0.121. The molecule has 6 aromatic carbocycles. The maximum absolute atomic E-state index is 16.6. The van der Waals surface area contributed by atoms with Gasteiger partial charge in [0.05, 0.1) is 43.9 Å². The van der Waals surface area contributed by atoms with Crippen LogP contribution >= 0.6 is 22.7 Å². The largest absolute Gasteiger partial charge is 0.295 e. The number of carbonyl (C=O) groups is 1. The van der Waals surface area contributed by atoms with Gasteiger partial charge in [-0.05, 0) is 60.4 Å². The number of piperazine rings is 2. The number of rotatable bonds is 12. The van der Waals surface area contributed by atoms with E-state index in [1.165, 1.54) is 22.3 Å². The Morgan fingerprint density at radius 3 is 1.04 bits per heavy atom. The highest BCUT2D eigenvalue weighted by atomic mass is 32.1. The molecule has 11 heteroatoms. The van der Waals surface area contributed by atoms with Gasteiger partial charge in [0.1, 0.15) is 12.1 Å². The van der Waals surface area contributed by atoms with Crippen LogP contribution in [0.3, 0.4) is 0 Å². The number of fused-ring (bicyclic) bond motifs is 6. The van der Waals surface area contributed by atoms with Gasteiger partial charge in [-0.15, -0.1) is 0 Å². The van der Waals surface area contributed by atoms with Crippen LogP contribution in [0.2, 0.25) is 0 Å². The molecule has 68 heavy (non-hydrogen) atoms. The molecule has 2 unspecified atom stereocenters. The number of thiazole rings is 2. The summed E-state index contributed by atoms with van der Waals surface area (Å²) in [6, 6.07) is 59.6. The molecule has 10 aromatic rings. The minimum atomic E-state index is -0.482. The molecule has 0 aliphatic carbocycles. The van der Waals surface area contributed by atoms with Crippen LogP contribution in [0.5, 0.6) is 0 Å². The first kappa shape index (κ1) is 43.0. The maximum atomic E-state index is 16.6. The minimum absolute atomic E-state index is 0.117. The summed E-state index contributed by atoms with van der Waals surface area (Å²) in [7, 11) is 0. The van der Waals surface area contributed by atoms with Crippen molar-refractivity contribution in [2.24, 2.45) is 0 Å². The molecule has 2 saturated heterocycles. The van der Waals surface area contributed by atoms with E-state index in [0.717, 1.165) is 105 Å². The molecule has 0 N–H and O–H groups in total. The van der Waals surface area contributed by atoms with Gasteiger partial charge in [0.15, 0.2) is 15.7 Å². The smallest absolute Gasteiger partial charge is 0.195 e. The Labute approximate surface area is 405 Å². The van der Waals surface area contributed by atoms with Crippen molar-refractivity contribution in [1.82, 2.24) is 38.4 Å². The van der Waals surface area contributed by atoms with Crippen molar-refractivity contribution in [3.05, 3.63) is 213 Å². The third kappa shape index (κ3) is 7.67. The number of nitrogens with zero attached hydrogens (tertiary/aromatic N) is 8. The van der Waals surface area contributed by atoms with Crippen molar-refractivity contribution in [2.75, 3.05) is 52.4 Å². The molecule has 4 aromatic heterocycles. The van der Waals surface area contributed by atoms with Gasteiger partial charge in [-0.2, -0.15) is 0 Å². The molecule has 2 aliphatic rings. The third-order valence-corrected chi connectivity index (χ3v) is 16.9. The van der Waals surface area contributed by atoms with Crippen LogP contribution in [0.4, 0.5) is 0 Å². The SMILES string of the molecule is Cc1c(C(C(=O)C(c2sc3nc4ccccc4n3c2C)N2CCN(C(c3ccccc3)c3ccccc3)CC2)N2CCN(C(c3ccccc3)c3ccccc3)CC2)sc2nc3ccccc3n12. The van der Waals surface area contributed by atoms with Gasteiger partial charge in [-0.25, -0.2) is 9.97 Å². The summed E-state index contributed by atoms with van der Waals surface area (Å²) in [6.45, 7) is 10.7. The first-order valence-corrected chi connectivity index (χ1v) is 25.6. The van der Waals surface area contributed by atoms with Crippen LogP contribution in [-0.4, -0.2) is 96.5 Å². The van der Waals surface area contributed by atoms with Gasteiger partial charge in [0.2, 0.25) is 0 Å². The number of carbonyl (C=O) groups excluding carboxylic acids is 1. The number of aryl methyl sites for hydroxylation is 2. The molecule has 2 atom stereocenters. The Hall–Kier alpha value is -6.31. The number of para-hydroxylation sites is 4. The van der Waals surface area contributed by atoms with E-state index >= 15 is 4.79 Å². The lowest BCUT2D eigenvalue weighted by Gasteiger charge is -2.45. The number of hydrogen-bond acceptors (Lipinski definition) is 9. The summed E-state index contributed by atoms with van der Waals surface area (Å²) < 4.78 is 4.56. The van der Waals surface area contributed by atoms with Crippen molar-refractivity contribution in [1.29, 1.82) is 0 Å². The number of ketones is 1. The van der Waals surface area contributed by atoms with Crippen LogP contribution in [0.15, 0.2) is 170 Å². The highest BCUT2D eigenvalue weighted by Crippen LogP contribution is 2.44. The van der Waals surface area contributed by atoms with Crippen LogP contribution in [0, 0.1) is 13.8 Å². The molecule has 0 radical (unpaired) electrons. The fraction of sp³-hybridized carbons (Fsp3) is 0.246. The number of Topliss-reactive ketones (excluding diaryl/α,β-unsaturated/α-hetero) is 1. The summed E-state index contributed by atoms with van der Waals surface area (Å²) >= 11 is 3.37. The lowest BCUT2D eigenvalue weighted by atomic mass is 9.94. The van der Waals surface area contributed by atoms with Crippen LogP contribution in [0.1, 0.15) is 67.6 Å². The lowest BCUT2D eigenvalue weighted by molar-refractivity contribution is -0.132. The summed E-state index contributed by atoms with van der Waals surface area (Å²) in [6.07, 6.45) is 0. The van der Waals surface area contributed by atoms with E-state index in [9.17, 15) is 0 Å². The predicted octanol–water partition coefficient (Wildman–Crippen LogP) is 11.2. The van der Waals surface area contributed by atoms with Gasteiger partial charge < -0.3 is 0 Å². The molecule has 12 rings (SSSR count). The number of hydrogen-bond donors (Lipinski definition) is 0. The van der Waals surface area contributed by atoms with Gasteiger partial charge in [0, 0.05) is 63.7 Å². The van der Waals surface area contributed by atoms with E-state index < -0.39 is 12.1 Å². The zero-order valence-corrected chi connectivity index (χ0v) is 40.1. The topological polar surface area (TPSA) is 64.6 Å². The Kier molecular flexibility index (Phi) is 11.6. The summed E-state index contributed by atoms with van der Waals surface area (Å²) in [5, 5.41) is 0. The first-order valence-electron chi connectivity index (χ1n) is 23.9. The fourth-order valence-corrected chi connectivity index (χ4v) is 13.8. The van der Waals surface area contributed by atoms with E-state index in [4.69, 9.17) is 9.97 Å². The molecule has 2 aliphatic heterocycles. The van der Waals surface area contributed by atoms with Crippen LogP contribution in [0.25, 0.3) is 32.0 Å². The average Bonchev–Trinajstić information content (AvgIpc) is 4.13. The average molecular weight is 931 g/mol. The monoisotopic (exact) mass is 930 g/mol. The fourth-order valence-electron chi connectivity index (χ4n) is 11.2.